The fraction of sp³-hybridized carbons (Fsp3) is 0.529. The summed E-state index contributed by atoms with van der Waals surface area (Å²) in [5, 5.41) is 9.16. The molecule has 0 bridgehead atoms. The van der Waals surface area contributed by atoms with Crippen molar-refractivity contribution in [3.63, 3.8) is 0 Å². The molecule has 22 heavy (non-hydrogen) atoms. The lowest BCUT2D eigenvalue weighted by atomic mass is 10.1. The fourth-order valence-electron chi connectivity index (χ4n) is 2.41. The average Bonchev–Trinajstić information content (AvgIpc) is 2.48. The Labute approximate surface area is 132 Å². The van der Waals surface area contributed by atoms with Gasteiger partial charge in [-0.25, -0.2) is 0 Å². The van der Waals surface area contributed by atoms with Crippen LogP contribution in [0.5, 0.6) is 0 Å². The van der Waals surface area contributed by atoms with Gasteiger partial charge in [-0.2, -0.15) is 0 Å². The van der Waals surface area contributed by atoms with Crippen molar-refractivity contribution in [2.75, 3.05) is 31.1 Å². The molecular formula is C17H26N2O3. The summed E-state index contributed by atoms with van der Waals surface area (Å²) < 4.78 is 0. The van der Waals surface area contributed by atoms with E-state index in [1.54, 1.807) is 11.8 Å². The lowest BCUT2D eigenvalue weighted by molar-refractivity contribution is -0.141. The Balaban J connectivity index is 2.99. The molecule has 0 fully saturated rings. The average molecular weight is 306 g/mol. The van der Waals surface area contributed by atoms with Gasteiger partial charge >= 0.3 is 5.97 Å². The van der Waals surface area contributed by atoms with Crippen LogP contribution in [0.4, 0.5) is 5.69 Å². The molecule has 0 aliphatic carbocycles. The maximum atomic E-state index is 12.4. The number of nitrogens with zero attached hydrogens (tertiary/aromatic N) is 2. The highest BCUT2D eigenvalue weighted by atomic mass is 16.4. The quantitative estimate of drug-likeness (QED) is 0.801. The van der Waals surface area contributed by atoms with E-state index in [9.17, 15) is 9.59 Å². The monoisotopic (exact) mass is 306 g/mol. The van der Waals surface area contributed by atoms with Gasteiger partial charge in [0.25, 0.3) is 0 Å². The number of rotatable bonds is 8. The zero-order valence-electron chi connectivity index (χ0n) is 13.9. The largest absolute Gasteiger partial charge is 0.481 e. The summed E-state index contributed by atoms with van der Waals surface area (Å²) >= 11 is 0. The molecule has 1 rings (SSSR count). The van der Waals surface area contributed by atoms with E-state index in [1.165, 1.54) is 0 Å². The summed E-state index contributed by atoms with van der Waals surface area (Å²) in [4.78, 5) is 27.2. The minimum Gasteiger partial charge on any atom is -0.481 e. The van der Waals surface area contributed by atoms with E-state index in [4.69, 9.17) is 5.11 Å². The summed E-state index contributed by atoms with van der Waals surface area (Å²) in [5.41, 5.74) is 1.95. The molecule has 0 heterocycles. The molecule has 0 spiro atoms. The van der Waals surface area contributed by atoms with Crippen LogP contribution in [-0.4, -0.2) is 48.1 Å². The predicted octanol–water partition coefficient (Wildman–Crippen LogP) is 2.39. The second-order valence-corrected chi connectivity index (χ2v) is 5.47. The standard InChI is InChI=1S/C17H26N2O3/c1-5-18(6-2)16(20)12-19(11-14(4)17(21)22)15-10-8-7-9-13(15)3/h7-10,14H,5-6,11-12H2,1-4H3,(H,21,22). The summed E-state index contributed by atoms with van der Waals surface area (Å²) in [6.45, 7) is 9.35. The number of likely N-dealkylation sites (N-methyl/N-ethyl adjacent to an activating group) is 1. The molecule has 122 valence electrons. The highest BCUT2D eigenvalue weighted by molar-refractivity contribution is 5.82. The van der Waals surface area contributed by atoms with E-state index in [0.717, 1.165) is 11.3 Å². The molecule has 1 amide bonds. The lowest BCUT2D eigenvalue weighted by Gasteiger charge is -2.30. The highest BCUT2D eigenvalue weighted by Gasteiger charge is 2.21. The maximum absolute atomic E-state index is 12.4. The van der Waals surface area contributed by atoms with E-state index in [1.807, 2.05) is 49.9 Å². The first-order valence-electron chi connectivity index (χ1n) is 7.71. The number of benzene rings is 1. The van der Waals surface area contributed by atoms with E-state index in [2.05, 4.69) is 0 Å². The number of amides is 1. The van der Waals surface area contributed by atoms with Crippen LogP contribution in [0.25, 0.3) is 0 Å². The predicted molar refractivity (Wildman–Crippen MR) is 88.1 cm³/mol. The Hall–Kier alpha value is -2.04. The summed E-state index contributed by atoms with van der Waals surface area (Å²) in [5.74, 6) is -1.37. The van der Waals surface area contributed by atoms with Crippen LogP contribution in [-0.2, 0) is 9.59 Å². The first-order chi connectivity index (χ1) is 10.4. The first kappa shape index (κ1) is 18.0. The summed E-state index contributed by atoms with van der Waals surface area (Å²) in [6.07, 6.45) is 0. The van der Waals surface area contributed by atoms with Crippen LogP contribution in [0.1, 0.15) is 26.3 Å². The van der Waals surface area contributed by atoms with Gasteiger partial charge in [-0.15, -0.1) is 0 Å². The highest BCUT2D eigenvalue weighted by Crippen LogP contribution is 2.20. The van der Waals surface area contributed by atoms with Crippen molar-refractivity contribution >= 4 is 17.6 Å². The van der Waals surface area contributed by atoms with Crippen LogP contribution in [0, 0.1) is 12.8 Å². The third kappa shape index (κ3) is 4.76. The molecular weight excluding hydrogens is 280 g/mol. The number of carbonyl (C=O) groups excluding carboxylic acids is 1. The molecule has 5 nitrogen and oxygen atoms in total. The normalized spacial score (nSPS) is 11.8. The van der Waals surface area contributed by atoms with E-state index in [0.29, 0.717) is 19.6 Å². The number of anilines is 1. The van der Waals surface area contributed by atoms with Gasteiger partial charge in [-0.3, -0.25) is 9.59 Å². The van der Waals surface area contributed by atoms with Crippen molar-refractivity contribution in [3.8, 4) is 0 Å². The molecule has 1 aromatic rings. The number of hydrogen-bond acceptors (Lipinski definition) is 3. The fourth-order valence-corrected chi connectivity index (χ4v) is 2.41. The Morgan fingerprint density at radius 3 is 2.27 bits per heavy atom. The number of hydrogen-bond donors (Lipinski definition) is 1. The molecule has 1 aromatic carbocycles. The number of aliphatic carboxylic acids is 1. The summed E-state index contributed by atoms with van der Waals surface area (Å²) in [6, 6.07) is 7.74. The molecule has 0 radical (unpaired) electrons. The van der Waals surface area contributed by atoms with Crippen LogP contribution in [0.2, 0.25) is 0 Å². The molecule has 5 heteroatoms. The van der Waals surface area contributed by atoms with Crippen molar-refractivity contribution < 1.29 is 14.7 Å². The van der Waals surface area contributed by atoms with Gasteiger partial charge in [-0.05, 0) is 32.4 Å². The van der Waals surface area contributed by atoms with Crippen LogP contribution in [0.15, 0.2) is 24.3 Å². The number of carboxylic acid groups (broad SMARTS) is 1. The third-order valence-electron chi connectivity index (χ3n) is 3.81. The molecule has 0 aliphatic heterocycles. The van der Waals surface area contributed by atoms with E-state index < -0.39 is 11.9 Å². The van der Waals surface area contributed by atoms with Crippen LogP contribution >= 0.6 is 0 Å². The van der Waals surface area contributed by atoms with Gasteiger partial charge in [-0.1, -0.05) is 25.1 Å². The minimum atomic E-state index is -0.853. The zero-order chi connectivity index (χ0) is 16.7. The number of para-hydroxylation sites is 1. The Morgan fingerprint density at radius 2 is 1.77 bits per heavy atom. The first-order valence-corrected chi connectivity index (χ1v) is 7.71. The van der Waals surface area contributed by atoms with Crippen molar-refractivity contribution in [2.24, 2.45) is 5.92 Å². The van der Waals surface area contributed by atoms with Crippen LogP contribution < -0.4 is 4.90 Å². The number of carbonyl (C=O) groups is 2. The van der Waals surface area contributed by atoms with Gasteiger partial charge in [0.1, 0.15) is 0 Å². The summed E-state index contributed by atoms with van der Waals surface area (Å²) in [7, 11) is 0. The Morgan fingerprint density at radius 1 is 1.18 bits per heavy atom. The van der Waals surface area contributed by atoms with Crippen molar-refractivity contribution in [1.29, 1.82) is 0 Å². The number of carboxylic acids is 1. The van der Waals surface area contributed by atoms with Gasteiger partial charge in [0, 0.05) is 25.3 Å². The van der Waals surface area contributed by atoms with Gasteiger partial charge in [0.05, 0.1) is 12.5 Å². The van der Waals surface area contributed by atoms with Gasteiger partial charge < -0.3 is 14.9 Å². The Kier molecular flexibility index (Phi) is 6.89. The second kappa shape index (κ2) is 8.41. The Bertz CT molecular complexity index is 512. The number of aryl methyl sites for hydroxylation is 1. The molecule has 1 unspecified atom stereocenters. The van der Waals surface area contributed by atoms with Crippen LogP contribution in [0.3, 0.4) is 0 Å². The smallest absolute Gasteiger partial charge is 0.308 e. The van der Waals surface area contributed by atoms with Crippen molar-refractivity contribution in [2.45, 2.75) is 27.7 Å². The topological polar surface area (TPSA) is 60.9 Å². The molecule has 0 aliphatic rings. The molecule has 0 aromatic heterocycles. The molecule has 1 atom stereocenters. The third-order valence-corrected chi connectivity index (χ3v) is 3.81. The zero-order valence-corrected chi connectivity index (χ0v) is 13.9. The van der Waals surface area contributed by atoms with Crippen molar-refractivity contribution in [1.82, 2.24) is 4.90 Å². The molecule has 0 saturated heterocycles. The van der Waals surface area contributed by atoms with Gasteiger partial charge in [0.15, 0.2) is 0 Å². The SMILES string of the molecule is CCN(CC)C(=O)CN(CC(C)C(=O)O)c1ccccc1C. The van der Waals surface area contributed by atoms with E-state index >= 15 is 0 Å². The maximum Gasteiger partial charge on any atom is 0.308 e. The minimum absolute atomic E-state index is 0.0193. The lowest BCUT2D eigenvalue weighted by Crippen LogP contribution is -2.43. The van der Waals surface area contributed by atoms with E-state index in [-0.39, 0.29) is 12.5 Å². The van der Waals surface area contributed by atoms with Crippen molar-refractivity contribution in [3.05, 3.63) is 29.8 Å². The molecule has 0 saturated carbocycles. The molecule has 1 N–H and O–H groups in total. The van der Waals surface area contributed by atoms with Gasteiger partial charge in [0.2, 0.25) is 5.91 Å². The second-order valence-electron chi connectivity index (χ2n) is 5.47.